The number of hydrogen-bond donors (Lipinski definition) is 0. The van der Waals surface area contributed by atoms with Crippen LogP contribution in [-0.2, 0) is 21.2 Å². The molecule has 8 heteroatoms. The summed E-state index contributed by atoms with van der Waals surface area (Å²) in [4.78, 5) is 18.2. The van der Waals surface area contributed by atoms with E-state index in [1.54, 1.807) is 26.0 Å². The molecule has 0 radical (unpaired) electrons. The highest BCUT2D eigenvalue weighted by Gasteiger charge is 2.48. The number of carbonyl (C=O) groups is 1. The molecule has 130 valence electrons. The molecule has 5 nitrogen and oxygen atoms in total. The van der Waals surface area contributed by atoms with Crippen molar-refractivity contribution in [2.24, 2.45) is 10.9 Å². The van der Waals surface area contributed by atoms with E-state index < -0.39 is 9.84 Å². The molecule has 2 atom stereocenters. The molecule has 2 heterocycles. The van der Waals surface area contributed by atoms with Crippen molar-refractivity contribution in [2.75, 3.05) is 11.5 Å². The zero-order valence-corrected chi connectivity index (χ0v) is 15.9. The Morgan fingerprint density at radius 1 is 1.33 bits per heavy atom. The van der Waals surface area contributed by atoms with Gasteiger partial charge in [0.2, 0.25) is 0 Å². The summed E-state index contributed by atoms with van der Waals surface area (Å²) in [5.41, 5.74) is 1.01. The molecule has 1 amide bonds. The molecule has 0 aliphatic carbocycles. The van der Waals surface area contributed by atoms with Crippen molar-refractivity contribution >= 4 is 44.3 Å². The summed E-state index contributed by atoms with van der Waals surface area (Å²) in [6.07, 6.45) is 0. The molecule has 0 bridgehead atoms. The summed E-state index contributed by atoms with van der Waals surface area (Å²) in [7, 11) is -3.03. The van der Waals surface area contributed by atoms with E-state index >= 15 is 0 Å². The summed E-state index contributed by atoms with van der Waals surface area (Å²) >= 11 is 7.33. The second-order valence-corrected chi connectivity index (χ2v) is 10.2. The number of carbonyl (C=O) groups excluding carboxylic acids is 1. The predicted octanol–water partition coefficient (Wildman–Crippen LogP) is 2.59. The second-order valence-electron chi connectivity index (χ2n) is 6.44. The molecule has 0 aromatic heterocycles. The highest BCUT2D eigenvalue weighted by atomic mass is 35.5. The number of sulfone groups is 1. The third-order valence-electron chi connectivity index (χ3n) is 4.14. The van der Waals surface area contributed by atoms with Gasteiger partial charge in [-0.3, -0.25) is 4.79 Å². The second kappa shape index (κ2) is 6.69. The fraction of sp³-hybridized carbons (Fsp3) is 0.500. The first-order chi connectivity index (χ1) is 11.2. The van der Waals surface area contributed by atoms with Crippen molar-refractivity contribution in [3.05, 3.63) is 34.9 Å². The number of rotatable bonds is 3. The van der Waals surface area contributed by atoms with E-state index in [1.807, 2.05) is 17.0 Å². The van der Waals surface area contributed by atoms with Gasteiger partial charge in [-0.15, -0.1) is 0 Å². The molecule has 24 heavy (non-hydrogen) atoms. The van der Waals surface area contributed by atoms with Gasteiger partial charge in [-0.2, -0.15) is 4.99 Å². The molecule has 0 spiro atoms. The van der Waals surface area contributed by atoms with Crippen molar-refractivity contribution in [1.82, 2.24) is 4.90 Å². The van der Waals surface area contributed by atoms with Gasteiger partial charge < -0.3 is 4.90 Å². The van der Waals surface area contributed by atoms with Crippen molar-refractivity contribution < 1.29 is 13.2 Å². The lowest BCUT2D eigenvalue weighted by molar-refractivity contribution is -0.120. The zero-order valence-electron chi connectivity index (χ0n) is 13.5. The lowest BCUT2D eigenvalue weighted by Gasteiger charge is -2.24. The van der Waals surface area contributed by atoms with Crippen LogP contribution < -0.4 is 0 Å². The fourth-order valence-electron chi connectivity index (χ4n) is 2.83. The normalized spacial score (nSPS) is 27.0. The van der Waals surface area contributed by atoms with E-state index in [9.17, 15) is 13.2 Å². The summed E-state index contributed by atoms with van der Waals surface area (Å²) in [5, 5.41) is 1.23. The summed E-state index contributed by atoms with van der Waals surface area (Å²) in [6.45, 7) is 4.13. The highest BCUT2D eigenvalue weighted by Crippen LogP contribution is 2.39. The van der Waals surface area contributed by atoms with Gasteiger partial charge in [-0.05, 0) is 17.7 Å². The molecule has 1 aromatic carbocycles. The van der Waals surface area contributed by atoms with Crippen LogP contribution in [0.2, 0.25) is 5.02 Å². The Kier molecular flexibility index (Phi) is 4.95. The average molecular weight is 387 g/mol. The largest absolute Gasteiger partial charge is 0.342 e. The van der Waals surface area contributed by atoms with E-state index in [-0.39, 0.29) is 34.6 Å². The third-order valence-corrected chi connectivity index (χ3v) is 7.64. The van der Waals surface area contributed by atoms with Crippen LogP contribution in [-0.4, -0.2) is 47.2 Å². The van der Waals surface area contributed by atoms with Crippen LogP contribution in [0.4, 0.5) is 0 Å². The third kappa shape index (κ3) is 3.78. The Hall–Kier alpha value is -1.05. The van der Waals surface area contributed by atoms with E-state index in [2.05, 4.69) is 4.99 Å². The van der Waals surface area contributed by atoms with Crippen LogP contribution in [0.15, 0.2) is 29.3 Å². The summed E-state index contributed by atoms with van der Waals surface area (Å²) in [6, 6.07) is 7.30. The number of nitrogens with zero attached hydrogens (tertiary/aromatic N) is 2. The van der Waals surface area contributed by atoms with Gasteiger partial charge in [0, 0.05) is 22.7 Å². The van der Waals surface area contributed by atoms with Crippen LogP contribution in [0.1, 0.15) is 19.4 Å². The van der Waals surface area contributed by atoms with E-state index in [0.29, 0.717) is 16.7 Å². The Morgan fingerprint density at radius 3 is 2.62 bits per heavy atom. The molecular formula is C16H19ClN2O3S2. The van der Waals surface area contributed by atoms with Gasteiger partial charge in [0.15, 0.2) is 15.0 Å². The number of benzene rings is 1. The topological polar surface area (TPSA) is 66.8 Å². The maximum Gasteiger partial charge on any atom is 0.250 e. The number of thioether (sulfide) groups is 1. The van der Waals surface area contributed by atoms with Crippen molar-refractivity contribution in [1.29, 1.82) is 0 Å². The molecule has 2 aliphatic heterocycles. The number of aliphatic imine (C=N–C) groups is 1. The van der Waals surface area contributed by atoms with Gasteiger partial charge >= 0.3 is 0 Å². The van der Waals surface area contributed by atoms with Crippen LogP contribution in [0, 0.1) is 5.92 Å². The van der Waals surface area contributed by atoms with E-state index in [4.69, 9.17) is 11.6 Å². The highest BCUT2D eigenvalue weighted by molar-refractivity contribution is 8.15. The first kappa shape index (κ1) is 17.8. The summed E-state index contributed by atoms with van der Waals surface area (Å²) < 4.78 is 23.9. The maximum absolute atomic E-state index is 12.0. The number of amidine groups is 1. The lowest BCUT2D eigenvalue weighted by atomic mass is 10.1. The molecular weight excluding hydrogens is 368 g/mol. The smallest absolute Gasteiger partial charge is 0.250 e. The molecule has 2 fully saturated rings. The molecule has 2 saturated heterocycles. The van der Waals surface area contributed by atoms with Gasteiger partial charge in [0.1, 0.15) is 0 Å². The minimum absolute atomic E-state index is 0.0546. The maximum atomic E-state index is 12.0. The molecule has 2 aliphatic rings. The van der Waals surface area contributed by atoms with Crippen LogP contribution in [0.25, 0.3) is 0 Å². The molecule has 1 aromatic rings. The SMILES string of the molecule is CC(C)C(=O)N=C1S[C@H]2CS(=O)(=O)C[C@@H]2N1Cc1ccc(Cl)cc1. The first-order valence-corrected chi connectivity index (χ1v) is 10.8. The van der Waals surface area contributed by atoms with Gasteiger partial charge in [-0.25, -0.2) is 8.42 Å². The first-order valence-electron chi connectivity index (χ1n) is 7.76. The zero-order chi connectivity index (χ0) is 17.5. The quantitative estimate of drug-likeness (QED) is 0.798. The number of amides is 1. The predicted molar refractivity (Wildman–Crippen MR) is 98.1 cm³/mol. The minimum atomic E-state index is -3.03. The Morgan fingerprint density at radius 2 is 2.00 bits per heavy atom. The van der Waals surface area contributed by atoms with E-state index in [1.165, 1.54) is 11.8 Å². The number of fused-ring (bicyclic) bond motifs is 1. The van der Waals surface area contributed by atoms with Crippen molar-refractivity contribution in [3.63, 3.8) is 0 Å². The standard InChI is InChI=1S/C16H19ClN2O3S2/c1-10(2)15(20)18-16-19(7-11-3-5-12(17)6-4-11)13-8-24(21,22)9-14(13)23-16/h3-6,10,13-14H,7-9H2,1-2H3/t13-,14-/m0/s1. The molecule has 0 unspecified atom stereocenters. The van der Waals surface area contributed by atoms with Gasteiger partial charge in [0.05, 0.1) is 17.5 Å². The number of hydrogen-bond acceptors (Lipinski definition) is 4. The Labute approximate surface area is 151 Å². The average Bonchev–Trinajstić information content (AvgIpc) is 2.94. The summed E-state index contributed by atoms with van der Waals surface area (Å²) in [5.74, 6) is -0.0947. The fourth-order valence-corrected chi connectivity index (χ4v) is 6.91. The molecule has 3 rings (SSSR count). The molecule has 0 saturated carbocycles. The Balaban J connectivity index is 1.89. The van der Waals surface area contributed by atoms with Crippen LogP contribution in [0.3, 0.4) is 0 Å². The Bertz CT molecular complexity index is 775. The van der Waals surface area contributed by atoms with E-state index in [0.717, 1.165) is 5.56 Å². The number of halogens is 1. The van der Waals surface area contributed by atoms with Crippen LogP contribution >= 0.6 is 23.4 Å². The van der Waals surface area contributed by atoms with Crippen LogP contribution in [0.5, 0.6) is 0 Å². The van der Waals surface area contributed by atoms with Gasteiger partial charge in [-0.1, -0.05) is 49.3 Å². The lowest BCUT2D eigenvalue weighted by Crippen LogP contribution is -2.37. The van der Waals surface area contributed by atoms with Crippen molar-refractivity contribution in [2.45, 2.75) is 31.7 Å². The monoisotopic (exact) mass is 386 g/mol. The van der Waals surface area contributed by atoms with Crippen molar-refractivity contribution in [3.8, 4) is 0 Å². The minimum Gasteiger partial charge on any atom is -0.342 e. The van der Waals surface area contributed by atoms with Gasteiger partial charge in [0.25, 0.3) is 5.91 Å². The molecule has 0 N–H and O–H groups in total.